The van der Waals surface area contributed by atoms with E-state index in [4.69, 9.17) is 0 Å². The van der Waals surface area contributed by atoms with E-state index in [0.717, 1.165) is 0 Å². The van der Waals surface area contributed by atoms with Crippen molar-refractivity contribution in [2.75, 3.05) is 0 Å². The molecule has 0 aromatic heterocycles. The van der Waals surface area contributed by atoms with Crippen LogP contribution in [-0.2, 0) is 0 Å². The molecule has 0 fully saturated rings. The molecule has 0 aliphatic carbocycles. The molecule has 0 unspecified atom stereocenters. The fourth-order valence-corrected chi connectivity index (χ4v) is 11.5. The molecule has 222 valence electrons. The lowest BCUT2D eigenvalue weighted by Gasteiger charge is -2.25. The number of hydrogen-bond acceptors (Lipinski definition) is 0. The van der Waals surface area contributed by atoms with Gasteiger partial charge in [0.25, 0.3) is 0 Å². The average molecular weight is 615 g/mol. The SMILES string of the molecule is C[Si]1(C)c2ccccc2-c2ccc3c(-c4ccc(-c5ccccc5)cc4)c4ccccc4c(-c4ccc(-c5ccccc5)cc4)c3c21. The highest BCUT2D eigenvalue weighted by Gasteiger charge is 2.39. The van der Waals surface area contributed by atoms with Crippen molar-refractivity contribution in [3.63, 3.8) is 0 Å². The van der Waals surface area contributed by atoms with Gasteiger partial charge in [-0.25, -0.2) is 0 Å². The van der Waals surface area contributed by atoms with Gasteiger partial charge in [-0.2, -0.15) is 0 Å². The lowest BCUT2D eigenvalue weighted by Crippen LogP contribution is -2.49. The van der Waals surface area contributed by atoms with Gasteiger partial charge < -0.3 is 0 Å². The highest BCUT2D eigenvalue weighted by molar-refractivity contribution is 7.05. The first-order valence-corrected chi connectivity index (χ1v) is 19.5. The maximum atomic E-state index is 2.54. The van der Waals surface area contributed by atoms with Crippen LogP contribution in [0.1, 0.15) is 0 Å². The molecule has 9 rings (SSSR count). The molecule has 0 radical (unpaired) electrons. The Bertz CT molecular complexity index is 2440. The molecular weight excluding hydrogens is 581 g/mol. The smallest absolute Gasteiger partial charge is 0.0623 e. The Morgan fingerprint density at radius 3 is 1.36 bits per heavy atom. The van der Waals surface area contributed by atoms with Crippen LogP contribution in [0.5, 0.6) is 0 Å². The molecule has 0 saturated carbocycles. The Balaban J connectivity index is 1.37. The molecule has 0 spiro atoms. The highest BCUT2D eigenvalue weighted by atomic mass is 28.3. The summed E-state index contributed by atoms with van der Waals surface area (Å²) in [4.78, 5) is 0. The summed E-state index contributed by atoms with van der Waals surface area (Å²) in [5.74, 6) is 0. The van der Waals surface area contributed by atoms with E-state index in [0.29, 0.717) is 0 Å². The molecule has 1 aliphatic rings. The van der Waals surface area contributed by atoms with E-state index in [-0.39, 0.29) is 0 Å². The lowest BCUT2D eigenvalue weighted by atomic mass is 9.84. The number of hydrogen-bond donors (Lipinski definition) is 0. The molecule has 0 amide bonds. The van der Waals surface area contributed by atoms with Crippen molar-refractivity contribution in [1.29, 1.82) is 0 Å². The second-order valence-corrected chi connectivity index (χ2v) is 17.6. The molecule has 0 nitrogen and oxygen atoms in total. The maximum absolute atomic E-state index is 2.54. The Morgan fingerprint density at radius 2 is 0.766 bits per heavy atom. The summed E-state index contributed by atoms with van der Waals surface area (Å²) < 4.78 is 0. The van der Waals surface area contributed by atoms with Crippen LogP contribution >= 0.6 is 0 Å². The fourth-order valence-electron chi connectivity index (χ4n) is 8.07. The minimum absolute atomic E-state index is 1.24. The first-order chi connectivity index (χ1) is 23.1. The summed E-state index contributed by atoms with van der Waals surface area (Å²) in [6.45, 7) is 5.09. The van der Waals surface area contributed by atoms with Gasteiger partial charge in [0.05, 0.1) is 0 Å². The lowest BCUT2D eigenvalue weighted by molar-refractivity contribution is 1.60. The van der Waals surface area contributed by atoms with Crippen molar-refractivity contribution in [1.82, 2.24) is 0 Å². The summed E-state index contributed by atoms with van der Waals surface area (Å²) in [5.41, 5.74) is 13.0. The largest absolute Gasteiger partial charge is 0.114 e. The first-order valence-electron chi connectivity index (χ1n) is 16.5. The predicted octanol–water partition coefficient (Wildman–Crippen LogP) is 11.5. The normalized spacial score (nSPS) is 13.1. The Kier molecular flexibility index (Phi) is 6.38. The second-order valence-electron chi connectivity index (χ2n) is 13.3. The van der Waals surface area contributed by atoms with Crippen molar-refractivity contribution < 1.29 is 0 Å². The monoisotopic (exact) mass is 614 g/mol. The third kappa shape index (κ3) is 4.35. The summed E-state index contributed by atoms with van der Waals surface area (Å²) in [6, 6.07) is 62.9. The van der Waals surface area contributed by atoms with Gasteiger partial charge >= 0.3 is 0 Å². The second kappa shape index (κ2) is 10.8. The zero-order chi connectivity index (χ0) is 31.5. The van der Waals surface area contributed by atoms with E-state index < -0.39 is 8.07 Å². The molecule has 1 aliphatic heterocycles. The van der Waals surface area contributed by atoms with Crippen molar-refractivity contribution in [2.45, 2.75) is 13.1 Å². The van der Waals surface area contributed by atoms with Gasteiger partial charge in [0.2, 0.25) is 0 Å². The fraction of sp³-hybridized carbons (Fsp3) is 0.0435. The average Bonchev–Trinajstić information content (AvgIpc) is 3.37. The van der Waals surface area contributed by atoms with Crippen LogP contribution in [0.4, 0.5) is 0 Å². The van der Waals surface area contributed by atoms with Crippen LogP contribution in [0.3, 0.4) is 0 Å². The van der Waals surface area contributed by atoms with E-state index in [1.54, 1.807) is 5.19 Å². The maximum Gasteiger partial charge on any atom is 0.114 e. The molecule has 0 saturated heterocycles. The van der Waals surface area contributed by atoms with Crippen LogP contribution in [0.2, 0.25) is 13.1 Å². The van der Waals surface area contributed by atoms with E-state index >= 15 is 0 Å². The number of fused-ring (bicyclic) bond motifs is 6. The van der Waals surface area contributed by atoms with Gasteiger partial charge in [-0.3, -0.25) is 0 Å². The zero-order valence-electron chi connectivity index (χ0n) is 26.7. The summed E-state index contributed by atoms with van der Waals surface area (Å²) in [5, 5.41) is 8.46. The van der Waals surface area contributed by atoms with Crippen molar-refractivity contribution >= 4 is 40.0 Å². The van der Waals surface area contributed by atoms with Crippen LogP contribution in [0.15, 0.2) is 170 Å². The van der Waals surface area contributed by atoms with Gasteiger partial charge in [-0.15, -0.1) is 0 Å². The quantitative estimate of drug-likeness (QED) is 0.137. The third-order valence-electron chi connectivity index (χ3n) is 10.3. The first kappa shape index (κ1) is 27.8. The van der Waals surface area contributed by atoms with Gasteiger partial charge in [0, 0.05) is 0 Å². The van der Waals surface area contributed by atoms with Crippen LogP contribution in [-0.4, -0.2) is 8.07 Å². The minimum atomic E-state index is -2.04. The van der Waals surface area contributed by atoms with E-state index in [1.807, 2.05) is 0 Å². The molecule has 0 bridgehead atoms. The molecule has 0 N–H and O–H groups in total. The third-order valence-corrected chi connectivity index (χ3v) is 13.8. The van der Waals surface area contributed by atoms with Crippen LogP contribution in [0, 0.1) is 0 Å². The summed E-state index contributed by atoms with van der Waals surface area (Å²) in [6.07, 6.45) is 0. The topological polar surface area (TPSA) is 0 Å². The van der Waals surface area contributed by atoms with Crippen LogP contribution in [0.25, 0.3) is 77.2 Å². The van der Waals surface area contributed by atoms with Gasteiger partial charge in [-0.1, -0.05) is 183 Å². The van der Waals surface area contributed by atoms with Crippen molar-refractivity contribution in [2.24, 2.45) is 0 Å². The van der Waals surface area contributed by atoms with Crippen LogP contribution < -0.4 is 10.4 Å². The summed E-state index contributed by atoms with van der Waals surface area (Å²) >= 11 is 0. The Hall–Kier alpha value is -5.50. The molecular formula is C46H34Si. The van der Waals surface area contributed by atoms with Gasteiger partial charge in [0.15, 0.2) is 0 Å². The zero-order valence-corrected chi connectivity index (χ0v) is 27.7. The van der Waals surface area contributed by atoms with Crippen molar-refractivity contribution in [3.05, 3.63) is 170 Å². The molecule has 1 heterocycles. The van der Waals surface area contributed by atoms with E-state index in [2.05, 4.69) is 183 Å². The van der Waals surface area contributed by atoms with Crippen molar-refractivity contribution in [3.8, 4) is 55.6 Å². The molecule has 0 atom stereocenters. The van der Waals surface area contributed by atoms with E-state index in [9.17, 15) is 0 Å². The number of benzene rings is 8. The molecule has 8 aromatic rings. The standard InChI is InChI=1S/C46H34Si/c1-47(2)42-20-12-11-17-37(42)40-29-30-41-43(35-25-21-33(22-26-35)31-13-5-3-6-14-31)38-18-9-10-19-39(38)44(45(41)46(40)47)36-27-23-34(24-28-36)32-15-7-4-8-16-32/h3-30H,1-2H3. The van der Waals surface area contributed by atoms with Gasteiger partial charge in [-0.05, 0) is 87.6 Å². The number of rotatable bonds is 4. The Labute approximate surface area is 277 Å². The predicted molar refractivity (Wildman–Crippen MR) is 205 cm³/mol. The molecule has 47 heavy (non-hydrogen) atoms. The minimum Gasteiger partial charge on any atom is -0.0623 e. The van der Waals surface area contributed by atoms with Gasteiger partial charge in [0.1, 0.15) is 8.07 Å². The molecule has 1 heteroatoms. The Morgan fingerprint density at radius 1 is 0.319 bits per heavy atom. The van der Waals surface area contributed by atoms with E-state index in [1.165, 1.54) is 82.4 Å². The molecule has 8 aromatic carbocycles. The summed E-state index contributed by atoms with van der Waals surface area (Å²) in [7, 11) is -2.04. The highest BCUT2D eigenvalue weighted by Crippen LogP contribution is 2.46.